The van der Waals surface area contributed by atoms with Crippen LogP contribution >= 0.6 is 46.9 Å². The number of nitrogens with zero attached hydrogens (tertiary/aromatic N) is 8. The summed E-state index contributed by atoms with van der Waals surface area (Å²) in [5, 5.41) is 53.2. The largest absolute Gasteiger partial charge is 0.790 e. The summed E-state index contributed by atoms with van der Waals surface area (Å²) >= 11 is 0. The van der Waals surface area contributed by atoms with E-state index in [0.717, 1.165) is 84.1 Å². The van der Waals surface area contributed by atoms with Crippen molar-refractivity contribution in [2.75, 3.05) is 64.1 Å². The maximum Gasteiger partial charge on any atom is 0.274 e. The summed E-state index contributed by atoms with van der Waals surface area (Å²) < 4.78 is 123. The Bertz CT molecular complexity index is 4360. The molecule has 118 heavy (non-hydrogen) atoms. The first kappa shape index (κ1) is 98.7. The summed E-state index contributed by atoms with van der Waals surface area (Å²) in [6, 6.07) is 8.11. The lowest BCUT2D eigenvalue weighted by Gasteiger charge is -2.36. The van der Waals surface area contributed by atoms with E-state index in [9.17, 15) is 116 Å². The summed E-state index contributed by atoms with van der Waals surface area (Å²) in [4.78, 5) is 198. The number of imidazole rings is 2. The molecule has 14 atom stereocenters. The van der Waals surface area contributed by atoms with Crippen LogP contribution in [0.1, 0.15) is 143 Å². The van der Waals surface area contributed by atoms with Gasteiger partial charge in [-0.15, -0.1) is 0 Å². The Hall–Kier alpha value is -6.36. The van der Waals surface area contributed by atoms with Crippen molar-refractivity contribution in [3.8, 4) is 0 Å². The van der Waals surface area contributed by atoms with Gasteiger partial charge in [0.2, 0.25) is 23.6 Å². The number of nitrogens with one attached hydrogen (secondary N) is 4. The van der Waals surface area contributed by atoms with Gasteiger partial charge in [-0.1, -0.05) is 92.5 Å². The first-order valence-electron chi connectivity index (χ1n) is 36.4. The Kier molecular flexibility index (Phi) is 34.5. The molecule has 7 rings (SSSR count). The van der Waals surface area contributed by atoms with Gasteiger partial charge in [0.25, 0.3) is 31.3 Å². The maximum absolute atomic E-state index is 13.3. The van der Waals surface area contributed by atoms with Gasteiger partial charge in [-0.2, -0.15) is 0 Å². The van der Waals surface area contributed by atoms with Crippen molar-refractivity contribution in [2.45, 2.75) is 194 Å². The van der Waals surface area contributed by atoms with Crippen LogP contribution in [0.5, 0.6) is 0 Å². The standard InChI is InChI=1S/C64H102N14O34P6/c1-61(2,41(79)18-24-67-43(81)20-26-69-57(87)51(85)63(5,6)31-105-117(99,100)111-115(95,96)103-29-39-49(109-113(89,90)91)47(83)59(107-39)77-35-75-45-53(65)71-33-73-55(45)77)22-11-9-14-37-16-13-17-38(28-37)15-10-12-23-62(3,4)42(80)19-25-68-44(82)21-27-70-58(88)52(86)64(7,8)32-106-118(101,102)112-116(97,98)104-30-40-50(110-114(92,93)94)48(84)60(108-40)78-36-76-46-54(66)72-34-74-56(46)78/h13,16-17,28,33-36,39-40,47-52,59-60,83-86H,9-12,14-15,18-27,29-32H2,1-8H3,(H,67,81)(H,68,82)(H,69,87)(H,70,88)(H,95,96)(H,97,98)(H,99,100)(H,101,102)(H2,65,71,73)(H2,66,72,74)(H2,89,90,91)(H2,92,93,94)/p-8. The van der Waals surface area contributed by atoms with Gasteiger partial charge in [-0.05, 0) is 49.7 Å². The molecule has 6 heterocycles. The Morgan fingerprint density at radius 3 is 1.21 bits per heavy atom. The number of anilines is 2. The van der Waals surface area contributed by atoms with Crippen LogP contribution in [0.3, 0.4) is 0 Å². The van der Waals surface area contributed by atoms with Gasteiger partial charge in [-0.25, -0.2) is 38.5 Å². The lowest BCUT2D eigenvalue weighted by molar-refractivity contribution is -0.348. The number of carbonyl (C=O) groups is 6. The molecule has 5 aromatic rings. The molecule has 0 radical (unpaired) electrons. The molecule has 0 spiro atoms. The SMILES string of the molecule is CC(C)(CCCCc1cccc(CCCCC(C)(C)C(=O)CCNC(=O)CCNC(=O)C(O)C(C)(C)COP(=O)([O-])OP(=O)([O-])OCC2OC(n3cnc4c(N)ncnc43)C(O)C2OP(=O)([O-])[O-])c1)C(=O)CCNC(=O)CCNC(=O)C(O)C(C)(C)COP(=O)([O-])OP(=O)([O-])OCC1OC(n2cnc3c(N)ncnc32)C(O)C1OP(=O)([O-])[O-]. The molecule has 662 valence electrons. The molecule has 12 N–H and O–H groups in total. The van der Waals surface area contributed by atoms with Crippen LogP contribution in [-0.4, -0.2) is 196 Å². The zero-order chi connectivity index (χ0) is 88.0. The Morgan fingerprint density at radius 1 is 0.508 bits per heavy atom. The third kappa shape index (κ3) is 29.4. The quantitative estimate of drug-likeness (QED) is 0.0136. The number of ketones is 2. The lowest BCUT2D eigenvalue weighted by atomic mass is 9.81. The molecule has 2 fully saturated rings. The number of unbranched alkanes of at least 4 members (excludes halogenated alkanes) is 2. The van der Waals surface area contributed by atoms with E-state index in [0.29, 0.717) is 12.8 Å². The number of hydrogen-bond acceptors (Lipinski definition) is 42. The lowest BCUT2D eigenvalue weighted by Crippen LogP contribution is -2.46. The van der Waals surface area contributed by atoms with E-state index in [4.69, 9.17) is 20.9 Å². The molecule has 4 amide bonds. The number of aromatic nitrogens is 8. The van der Waals surface area contributed by atoms with Crippen LogP contribution in [0.4, 0.5) is 11.6 Å². The minimum Gasteiger partial charge on any atom is -0.790 e. The van der Waals surface area contributed by atoms with Gasteiger partial charge in [0.15, 0.2) is 35.4 Å². The van der Waals surface area contributed by atoms with Gasteiger partial charge in [0.1, 0.15) is 84.1 Å². The van der Waals surface area contributed by atoms with Gasteiger partial charge < -0.3 is 138 Å². The minimum absolute atomic E-state index is 0.00710. The number of fused-ring (bicyclic) bond motifs is 2. The number of phosphoric ester groups is 6. The minimum atomic E-state index is -5.99. The zero-order valence-electron chi connectivity index (χ0n) is 65.0. The number of hydrogen-bond donors (Lipinski definition) is 10. The molecule has 14 unspecified atom stereocenters. The number of nitrogen functional groups attached to an aromatic ring is 2. The molecule has 0 bridgehead atoms. The van der Waals surface area contributed by atoms with Crippen molar-refractivity contribution in [1.29, 1.82) is 0 Å². The van der Waals surface area contributed by atoms with Crippen LogP contribution in [0.2, 0.25) is 0 Å². The number of rotatable bonds is 50. The molecule has 54 heteroatoms. The van der Waals surface area contributed by atoms with E-state index in [2.05, 4.69) is 93.0 Å². The second-order valence-corrected chi connectivity index (χ2v) is 38.4. The van der Waals surface area contributed by atoms with Crippen LogP contribution in [0.15, 0.2) is 49.6 Å². The van der Waals surface area contributed by atoms with Crippen molar-refractivity contribution < 1.29 is 161 Å². The fraction of sp³-hybridized carbons (Fsp3) is 0.656. The van der Waals surface area contributed by atoms with E-state index in [1.807, 2.05) is 45.9 Å². The second kappa shape index (κ2) is 41.2. The molecule has 4 aromatic heterocycles. The van der Waals surface area contributed by atoms with E-state index in [-0.39, 0.29) is 97.4 Å². The number of carbonyl (C=O) groups excluding carboxylic acids is 6. The number of phosphoric acid groups is 6. The van der Waals surface area contributed by atoms with Crippen LogP contribution < -0.4 is 71.9 Å². The van der Waals surface area contributed by atoms with Crippen molar-refractivity contribution in [3.05, 3.63) is 60.7 Å². The molecule has 2 aliphatic rings. The number of Topliss-reactive ketones (excluding diaryl/α,β-unsaturated/α-hetero) is 2. The molecule has 2 aliphatic heterocycles. The highest BCUT2D eigenvalue weighted by Gasteiger charge is 2.50. The average Bonchev–Trinajstić information content (AvgIpc) is 1.62. The summed E-state index contributed by atoms with van der Waals surface area (Å²) in [5.41, 5.74) is 8.69. The molecule has 0 aliphatic carbocycles. The fourth-order valence-corrected chi connectivity index (χ4v) is 17.6. The van der Waals surface area contributed by atoms with Gasteiger partial charge in [0.05, 0.1) is 54.7 Å². The fourth-order valence-electron chi connectivity index (χ4n) is 12.2. The topological polar surface area (TPSA) is 750 Å². The highest BCUT2D eigenvalue weighted by atomic mass is 31.3. The smallest absolute Gasteiger partial charge is 0.274 e. The van der Waals surface area contributed by atoms with E-state index >= 15 is 0 Å². The number of benzene rings is 1. The third-order valence-electron chi connectivity index (χ3n) is 19.0. The summed E-state index contributed by atoms with van der Waals surface area (Å²) in [7, 11) is -35.6. The zero-order valence-corrected chi connectivity index (χ0v) is 70.4. The molecular weight excluding hydrogens is 1690 g/mol. The van der Waals surface area contributed by atoms with Crippen LogP contribution in [0, 0.1) is 21.7 Å². The van der Waals surface area contributed by atoms with E-state index in [1.165, 1.54) is 27.7 Å². The maximum atomic E-state index is 13.3. The van der Waals surface area contributed by atoms with Crippen LogP contribution in [0.25, 0.3) is 22.3 Å². The highest BCUT2D eigenvalue weighted by molar-refractivity contribution is 7.60. The summed E-state index contributed by atoms with van der Waals surface area (Å²) in [5.74, 6) is -3.66. The number of aliphatic hydroxyl groups is 4. The van der Waals surface area contributed by atoms with E-state index in [1.54, 1.807) is 0 Å². The Labute approximate surface area is 674 Å². The van der Waals surface area contributed by atoms with Crippen LogP contribution in [-0.2, 0) is 114 Å². The normalized spacial score (nSPS) is 21.6. The molecule has 0 saturated carbocycles. The highest BCUT2D eigenvalue weighted by Crippen LogP contribution is 2.58. The summed E-state index contributed by atoms with van der Waals surface area (Å²) in [6.07, 6.45) is -10.3. The number of amides is 4. The summed E-state index contributed by atoms with van der Waals surface area (Å²) in [6.45, 7) is 6.54. The van der Waals surface area contributed by atoms with Crippen molar-refractivity contribution in [2.24, 2.45) is 21.7 Å². The first-order chi connectivity index (χ1) is 54.6. The number of ether oxygens (including phenoxy) is 2. The molecule has 48 nitrogen and oxygen atoms in total. The second-order valence-electron chi connectivity index (χ2n) is 30.3. The van der Waals surface area contributed by atoms with Gasteiger partial charge >= 0.3 is 0 Å². The predicted octanol–water partition coefficient (Wildman–Crippen LogP) is -3.14. The molecule has 2 saturated heterocycles. The van der Waals surface area contributed by atoms with Gasteiger partial charge in [0, 0.05) is 73.5 Å². The van der Waals surface area contributed by atoms with Crippen molar-refractivity contribution in [3.63, 3.8) is 0 Å². The number of aryl methyl sites for hydroxylation is 2. The average molecular weight is 1790 g/mol. The monoisotopic (exact) mass is 1790 g/mol. The van der Waals surface area contributed by atoms with Crippen molar-refractivity contribution >= 4 is 116 Å². The number of nitrogens with two attached hydrogens (primary N) is 2. The first-order valence-corrected chi connectivity index (χ1v) is 45.2. The third-order valence-corrected chi connectivity index (χ3v) is 25.0. The van der Waals surface area contributed by atoms with E-state index < -0.39 is 180 Å². The predicted molar refractivity (Wildman–Crippen MR) is 390 cm³/mol. The number of aliphatic hydroxyl groups excluding tert-OH is 4. The Balaban J connectivity index is 0.708. The van der Waals surface area contributed by atoms with Gasteiger partial charge in [-0.3, -0.25) is 56.2 Å². The Morgan fingerprint density at radius 2 is 0.856 bits per heavy atom. The molecular formula is C64H94N14O34P6-8. The molecule has 1 aromatic carbocycles. The van der Waals surface area contributed by atoms with Crippen molar-refractivity contribution in [1.82, 2.24) is 60.3 Å².